The molecule has 0 atom stereocenters. The van der Waals surface area contributed by atoms with Crippen LogP contribution in [-0.2, 0) is 4.79 Å². The van der Waals surface area contributed by atoms with E-state index in [0.717, 1.165) is 25.7 Å². The number of nitriles is 1. The van der Waals surface area contributed by atoms with Crippen LogP contribution in [-0.4, -0.2) is 49.7 Å². The van der Waals surface area contributed by atoms with Gasteiger partial charge in [-0.1, -0.05) is 0 Å². The van der Waals surface area contributed by atoms with Gasteiger partial charge in [-0.15, -0.1) is 0 Å². The molecule has 1 aliphatic carbocycles. The molecule has 3 aromatic rings. The average Bonchev–Trinajstić information content (AvgIpc) is 3.21. The lowest BCUT2D eigenvalue weighted by Gasteiger charge is -2.29. The molecule has 1 aliphatic rings. The smallest absolute Gasteiger partial charge is 0.255 e. The number of carbonyl (C=O) groups is 2. The van der Waals surface area contributed by atoms with Gasteiger partial charge in [0, 0.05) is 42.7 Å². The van der Waals surface area contributed by atoms with E-state index in [1.165, 1.54) is 17.8 Å². The van der Waals surface area contributed by atoms with Gasteiger partial charge in [0.25, 0.3) is 5.91 Å². The van der Waals surface area contributed by atoms with Crippen molar-refractivity contribution in [3.63, 3.8) is 0 Å². The highest BCUT2D eigenvalue weighted by molar-refractivity contribution is 5.99. The number of anilines is 2. The molecular formula is C24H29N9O2. The first kappa shape index (κ1) is 23.9. The highest BCUT2D eigenvalue weighted by Gasteiger charge is 2.25. The van der Waals surface area contributed by atoms with Crippen LogP contribution in [0.3, 0.4) is 0 Å². The Hall–Kier alpha value is -4.20. The normalized spacial score (nSPS) is 17.7. The monoisotopic (exact) mass is 475 g/mol. The quantitative estimate of drug-likeness (QED) is 0.422. The fourth-order valence-corrected chi connectivity index (χ4v) is 4.33. The van der Waals surface area contributed by atoms with Gasteiger partial charge in [-0.25, -0.2) is 9.97 Å². The topological polar surface area (TPSA) is 164 Å². The maximum absolute atomic E-state index is 13.2. The Balaban J connectivity index is 1.57. The molecule has 11 nitrogen and oxygen atoms in total. The number of fused-ring (bicyclic) bond motifs is 1. The maximum Gasteiger partial charge on any atom is 0.255 e. The lowest BCUT2D eigenvalue weighted by atomic mass is 9.91. The zero-order valence-electron chi connectivity index (χ0n) is 20.0. The predicted molar refractivity (Wildman–Crippen MR) is 132 cm³/mol. The second-order valence-electron chi connectivity index (χ2n) is 9.11. The number of aromatic nitrogens is 4. The van der Waals surface area contributed by atoms with E-state index in [-0.39, 0.29) is 41.3 Å². The molecule has 0 bridgehead atoms. The Kier molecular flexibility index (Phi) is 6.82. The summed E-state index contributed by atoms with van der Waals surface area (Å²) in [5, 5.41) is 23.6. The summed E-state index contributed by atoms with van der Waals surface area (Å²) < 4.78 is 1.53. The summed E-state index contributed by atoms with van der Waals surface area (Å²) in [7, 11) is 0. The average molecular weight is 476 g/mol. The highest BCUT2D eigenvalue weighted by atomic mass is 16.2. The molecule has 3 aromatic heterocycles. The van der Waals surface area contributed by atoms with E-state index in [2.05, 4.69) is 31.0 Å². The van der Waals surface area contributed by atoms with E-state index in [0.29, 0.717) is 28.1 Å². The van der Waals surface area contributed by atoms with Crippen LogP contribution < -0.4 is 21.7 Å². The summed E-state index contributed by atoms with van der Waals surface area (Å²) in [6.07, 6.45) is 6.37. The first-order chi connectivity index (χ1) is 16.7. The molecule has 0 aromatic carbocycles. The van der Waals surface area contributed by atoms with Crippen molar-refractivity contribution in [1.82, 2.24) is 30.4 Å². The number of rotatable bonds is 6. The van der Waals surface area contributed by atoms with Crippen molar-refractivity contribution in [2.75, 3.05) is 11.1 Å². The molecule has 5 N–H and O–H groups in total. The fourth-order valence-electron chi connectivity index (χ4n) is 4.33. The summed E-state index contributed by atoms with van der Waals surface area (Å²) in [6.45, 7) is 5.49. The van der Waals surface area contributed by atoms with Crippen LogP contribution in [0.25, 0.3) is 16.9 Å². The van der Waals surface area contributed by atoms with Gasteiger partial charge in [-0.2, -0.15) is 15.0 Å². The molecule has 0 saturated heterocycles. The minimum Gasteiger partial charge on any atom is -0.383 e. The number of hydrogen-bond donors (Lipinski definition) is 4. The number of pyridine rings is 2. The minimum atomic E-state index is -0.207. The van der Waals surface area contributed by atoms with Crippen molar-refractivity contribution in [3.05, 3.63) is 35.7 Å². The zero-order valence-corrected chi connectivity index (χ0v) is 20.0. The number of nitrogens with zero attached hydrogens (tertiary/aromatic N) is 5. The Morgan fingerprint density at radius 2 is 1.83 bits per heavy atom. The zero-order chi connectivity index (χ0) is 25.1. The number of nitrogen functional groups attached to an aromatic ring is 1. The molecule has 0 unspecified atom stereocenters. The van der Waals surface area contributed by atoms with Gasteiger partial charge in [-0.05, 0) is 45.6 Å². The van der Waals surface area contributed by atoms with Crippen LogP contribution in [0.2, 0.25) is 0 Å². The molecular weight excluding hydrogens is 446 g/mol. The first-order valence-corrected chi connectivity index (χ1v) is 11.6. The van der Waals surface area contributed by atoms with E-state index < -0.39 is 0 Å². The van der Waals surface area contributed by atoms with Gasteiger partial charge in [0.1, 0.15) is 11.9 Å². The SMILES string of the molecule is CC(=O)NC1CCC(NC(=O)c2cnc(-n3ncc4cc(C#N)c(N)nc43)cc2NC(C)C)CC1. The number of hydrogen-bond acceptors (Lipinski definition) is 8. The fraction of sp³-hybridized carbons (Fsp3) is 0.417. The summed E-state index contributed by atoms with van der Waals surface area (Å²) >= 11 is 0. The van der Waals surface area contributed by atoms with Gasteiger partial charge < -0.3 is 21.7 Å². The van der Waals surface area contributed by atoms with Crippen molar-refractivity contribution in [2.45, 2.75) is 64.6 Å². The second kappa shape index (κ2) is 9.97. The largest absolute Gasteiger partial charge is 0.383 e. The summed E-state index contributed by atoms with van der Waals surface area (Å²) in [6, 6.07) is 5.68. The molecule has 3 heterocycles. The predicted octanol–water partition coefficient (Wildman–Crippen LogP) is 2.27. The molecule has 0 radical (unpaired) electrons. The summed E-state index contributed by atoms with van der Waals surface area (Å²) in [5.74, 6) is 0.349. The van der Waals surface area contributed by atoms with Gasteiger partial charge in [0.15, 0.2) is 11.5 Å². The number of nitrogens with two attached hydrogens (primary N) is 1. The van der Waals surface area contributed by atoms with Crippen LogP contribution in [0.4, 0.5) is 11.5 Å². The second-order valence-corrected chi connectivity index (χ2v) is 9.11. The van der Waals surface area contributed by atoms with Crippen molar-refractivity contribution < 1.29 is 9.59 Å². The molecule has 35 heavy (non-hydrogen) atoms. The first-order valence-electron chi connectivity index (χ1n) is 11.6. The van der Waals surface area contributed by atoms with Gasteiger partial charge >= 0.3 is 0 Å². The van der Waals surface area contributed by atoms with Crippen molar-refractivity contribution >= 4 is 34.4 Å². The standard InChI is InChI=1S/C24H29N9O2/c1-13(2)29-20-9-21(33-23-16(11-28-33)8-15(10-25)22(26)32-23)27-12-19(20)24(35)31-18-6-4-17(5-7-18)30-14(3)34/h8-9,11-13,17-18H,4-7H2,1-3H3,(H2,26,32)(H,27,29)(H,30,34)(H,31,35). The van der Waals surface area contributed by atoms with Gasteiger partial charge in [-0.3, -0.25) is 9.59 Å². The molecule has 0 aliphatic heterocycles. The molecule has 1 saturated carbocycles. The molecule has 1 fully saturated rings. The van der Waals surface area contributed by atoms with Crippen LogP contribution >= 0.6 is 0 Å². The third-order valence-corrected chi connectivity index (χ3v) is 5.96. The molecule has 182 valence electrons. The van der Waals surface area contributed by atoms with Crippen molar-refractivity contribution in [2.24, 2.45) is 0 Å². The molecule has 0 spiro atoms. The van der Waals surface area contributed by atoms with Gasteiger partial charge in [0.2, 0.25) is 5.91 Å². The van der Waals surface area contributed by atoms with E-state index in [1.807, 2.05) is 19.9 Å². The van der Waals surface area contributed by atoms with Crippen LogP contribution in [0.1, 0.15) is 62.4 Å². The Labute approximate surface area is 203 Å². The van der Waals surface area contributed by atoms with E-state index in [4.69, 9.17) is 5.73 Å². The number of nitrogens with one attached hydrogen (secondary N) is 3. The molecule has 2 amide bonds. The lowest BCUT2D eigenvalue weighted by Crippen LogP contribution is -2.43. The molecule has 4 rings (SSSR count). The highest BCUT2D eigenvalue weighted by Crippen LogP contribution is 2.25. The third kappa shape index (κ3) is 5.32. The Morgan fingerprint density at radius 3 is 2.46 bits per heavy atom. The van der Waals surface area contributed by atoms with Gasteiger partial charge in [0.05, 0.1) is 23.0 Å². The van der Waals surface area contributed by atoms with E-state index in [1.54, 1.807) is 18.3 Å². The number of carbonyl (C=O) groups excluding carboxylic acids is 2. The van der Waals surface area contributed by atoms with Crippen molar-refractivity contribution in [3.8, 4) is 11.9 Å². The summed E-state index contributed by atoms with van der Waals surface area (Å²) in [5.41, 5.74) is 7.71. The summed E-state index contributed by atoms with van der Waals surface area (Å²) in [4.78, 5) is 33.2. The third-order valence-electron chi connectivity index (χ3n) is 5.96. The number of amides is 2. The van der Waals surface area contributed by atoms with E-state index in [9.17, 15) is 14.9 Å². The van der Waals surface area contributed by atoms with Crippen LogP contribution in [0.5, 0.6) is 0 Å². The Bertz CT molecular complexity index is 1300. The lowest BCUT2D eigenvalue weighted by molar-refractivity contribution is -0.119. The van der Waals surface area contributed by atoms with E-state index >= 15 is 0 Å². The van der Waals surface area contributed by atoms with Crippen molar-refractivity contribution in [1.29, 1.82) is 5.26 Å². The van der Waals surface area contributed by atoms with Crippen LogP contribution in [0, 0.1) is 11.3 Å². The molecule has 11 heteroatoms. The Morgan fingerprint density at radius 1 is 1.14 bits per heavy atom. The van der Waals surface area contributed by atoms with Crippen LogP contribution in [0.15, 0.2) is 24.5 Å². The minimum absolute atomic E-state index is 0.0265. The maximum atomic E-state index is 13.2.